The third kappa shape index (κ3) is 2.46. The number of carbonyl (C=O) groups excluding carboxylic acids is 1. The van der Waals surface area contributed by atoms with Crippen LogP contribution in [0.4, 0.5) is 0 Å². The van der Waals surface area contributed by atoms with Gasteiger partial charge in [-0.1, -0.05) is 12.1 Å². The second-order valence-electron chi connectivity index (χ2n) is 4.93. The van der Waals surface area contributed by atoms with Gasteiger partial charge in [-0.3, -0.25) is 4.79 Å². The molecule has 1 fully saturated rings. The number of imidazole rings is 1. The second kappa shape index (κ2) is 5.01. The number of hydrogen-bond donors (Lipinski definition) is 2. The number of para-hydroxylation sites is 2. The molecule has 0 radical (unpaired) electrons. The van der Waals surface area contributed by atoms with E-state index < -0.39 is 0 Å². The molecule has 2 unspecified atom stereocenters. The van der Waals surface area contributed by atoms with Crippen molar-refractivity contribution in [1.82, 2.24) is 15.3 Å². The quantitative estimate of drug-likeness (QED) is 0.883. The van der Waals surface area contributed by atoms with Gasteiger partial charge in [0.1, 0.15) is 5.82 Å². The molecule has 0 saturated carbocycles. The lowest BCUT2D eigenvalue weighted by Gasteiger charge is -2.14. The van der Waals surface area contributed by atoms with Crippen LogP contribution >= 0.6 is 0 Å². The topological polar surface area (TPSA) is 67.0 Å². The van der Waals surface area contributed by atoms with Crippen LogP contribution in [0.2, 0.25) is 0 Å². The molecule has 19 heavy (non-hydrogen) atoms. The van der Waals surface area contributed by atoms with Gasteiger partial charge >= 0.3 is 0 Å². The third-order valence-corrected chi connectivity index (χ3v) is 3.48. The summed E-state index contributed by atoms with van der Waals surface area (Å²) in [6.07, 6.45) is 0.804. The number of nitrogens with one attached hydrogen (secondary N) is 2. The maximum absolute atomic E-state index is 12.0. The first kappa shape index (κ1) is 12.2. The summed E-state index contributed by atoms with van der Waals surface area (Å²) in [5.74, 6) is 0.811. The average Bonchev–Trinajstić information content (AvgIpc) is 3.07. The van der Waals surface area contributed by atoms with Crippen molar-refractivity contribution in [3.8, 4) is 0 Å². The number of benzene rings is 1. The van der Waals surface area contributed by atoms with E-state index in [1.807, 2.05) is 31.2 Å². The number of amides is 1. The highest BCUT2D eigenvalue weighted by Crippen LogP contribution is 2.17. The highest BCUT2D eigenvalue weighted by molar-refractivity contribution is 5.79. The molecule has 5 heteroatoms. The molecular weight excluding hydrogens is 242 g/mol. The molecular formula is C14H17N3O2. The van der Waals surface area contributed by atoms with Gasteiger partial charge < -0.3 is 15.0 Å². The second-order valence-corrected chi connectivity index (χ2v) is 4.93. The van der Waals surface area contributed by atoms with Gasteiger partial charge in [0.15, 0.2) is 0 Å². The van der Waals surface area contributed by atoms with E-state index >= 15 is 0 Å². The van der Waals surface area contributed by atoms with Gasteiger partial charge in [0, 0.05) is 6.61 Å². The molecule has 2 atom stereocenters. The average molecular weight is 259 g/mol. The van der Waals surface area contributed by atoms with Crippen LogP contribution in [-0.2, 0) is 9.53 Å². The maximum atomic E-state index is 12.0. The highest BCUT2D eigenvalue weighted by Gasteiger charge is 2.25. The Bertz CT molecular complexity index is 554. The zero-order valence-corrected chi connectivity index (χ0v) is 10.8. The molecule has 5 nitrogen and oxygen atoms in total. The van der Waals surface area contributed by atoms with Crippen molar-refractivity contribution in [3.63, 3.8) is 0 Å². The Kier molecular flexibility index (Phi) is 3.21. The third-order valence-electron chi connectivity index (χ3n) is 3.48. The largest absolute Gasteiger partial charge is 0.381 e. The normalized spacial score (nSPS) is 20.6. The standard InChI is InChI=1S/C14H17N3O2/c1-9(15-14(18)10-6-7-19-8-10)13-16-11-4-2-3-5-12(11)17-13/h2-5,9-10H,6-8H2,1H3,(H,15,18)(H,16,17). The summed E-state index contributed by atoms with van der Waals surface area (Å²) in [6, 6.07) is 7.72. The molecule has 2 aromatic rings. The van der Waals surface area contributed by atoms with Crippen molar-refractivity contribution in [2.45, 2.75) is 19.4 Å². The van der Waals surface area contributed by atoms with Gasteiger partial charge in [-0.2, -0.15) is 0 Å². The molecule has 1 amide bonds. The van der Waals surface area contributed by atoms with E-state index in [4.69, 9.17) is 4.74 Å². The van der Waals surface area contributed by atoms with E-state index in [-0.39, 0.29) is 17.9 Å². The zero-order chi connectivity index (χ0) is 13.2. The molecule has 1 aliphatic rings. The minimum Gasteiger partial charge on any atom is -0.381 e. The molecule has 1 aromatic heterocycles. The van der Waals surface area contributed by atoms with E-state index in [1.165, 1.54) is 0 Å². The van der Waals surface area contributed by atoms with Crippen LogP contribution in [0.15, 0.2) is 24.3 Å². The van der Waals surface area contributed by atoms with E-state index in [0.717, 1.165) is 23.3 Å². The first-order chi connectivity index (χ1) is 9.24. The lowest BCUT2D eigenvalue weighted by molar-refractivity contribution is -0.125. The molecule has 1 aromatic carbocycles. The monoisotopic (exact) mass is 259 g/mol. The highest BCUT2D eigenvalue weighted by atomic mass is 16.5. The summed E-state index contributed by atoms with van der Waals surface area (Å²) >= 11 is 0. The van der Waals surface area contributed by atoms with E-state index in [0.29, 0.717) is 13.2 Å². The number of H-pyrrole nitrogens is 1. The molecule has 0 bridgehead atoms. The van der Waals surface area contributed by atoms with Crippen molar-refractivity contribution in [1.29, 1.82) is 0 Å². The predicted octanol–water partition coefficient (Wildman–Crippen LogP) is 1.78. The predicted molar refractivity (Wildman–Crippen MR) is 71.6 cm³/mol. The summed E-state index contributed by atoms with van der Waals surface area (Å²) in [5.41, 5.74) is 1.91. The molecule has 100 valence electrons. The summed E-state index contributed by atoms with van der Waals surface area (Å²) in [7, 11) is 0. The summed E-state index contributed by atoms with van der Waals surface area (Å²) in [6.45, 7) is 3.14. The smallest absolute Gasteiger partial charge is 0.226 e. The minimum absolute atomic E-state index is 0.0215. The molecule has 0 spiro atoms. The van der Waals surface area contributed by atoms with E-state index in [2.05, 4.69) is 15.3 Å². The number of hydrogen-bond acceptors (Lipinski definition) is 3. The van der Waals surface area contributed by atoms with Gasteiger partial charge in [-0.05, 0) is 25.5 Å². The Morgan fingerprint density at radius 1 is 1.53 bits per heavy atom. The molecule has 2 N–H and O–H groups in total. The number of fused-ring (bicyclic) bond motifs is 1. The van der Waals surface area contributed by atoms with Crippen LogP contribution in [0.3, 0.4) is 0 Å². The number of rotatable bonds is 3. The fourth-order valence-electron chi connectivity index (χ4n) is 2.32. The maximum Gasteiger partial charge on any atom is 0.226 e. The van der Waals surface area contributed by atoms with Crippen molar-refractivity contribution in [2.75, 3.05) is 13.2 Å². The number of aromatic amines is 1. The molecule has 1 saturated heterocycles. The molecule has 3 rings (SSSR count). The van der Waals surface area contributed by atoms with E-state index in [1.54, 1.807) is 0 Å². The van der Waals surface area contributed by atoms with Crippen LogP contribution in [0.25, 0.3) is 11.0 Å². The van der Waals surface area contributed by atoms with Crippen molar-refractivity contribution >= 4 is 16.9 Å². The first-order valence-corrected chi connectivity index (χ1v) is 6.57. The van der Waals surface area contributed by atoms with Crippen LogP contribution in [0.5, 0.6) is 0 Å². The van der Waals surface area contributed by atoms with Crippen LogP contribution in [0, 0.1) is 5.92 Å². The first-order valence-electron chi connectivity index (χ1n) is 6.57. The van der Waals surface area contributed by atoms with Gasteiger partial charge in [0.25, 0.3) is 0 Å². The fraction of sp³-hybridized carbons (Fsp3) is 0.429. The number of aromatic nitrogens is 2. The van der Waals surface area contributed by atoms with Gasteiger partial charge in [0.05, 0.1) is 29.6 Å². The van der Waals surface area contributed by atoms with Crippen molar-refractivity contribution < 1.29 is 9.53 Å². The lowest BCUT2D eigenvalue weighted by Crippen LogP contribution is -2.33. The number of carbonyl (C=O) groups is 1. The fourth-order valence-corrected chi connectivity index (χ4v) is 2.32. The summed E-state index contributed by atoms with van der Waals surface area (Å²) in [4.78, 5) is 19.7. The molecule has 0 aliphatic carbocycles. The Morgan fingerprint density at radius 2 is 2.37 bits per heavy atom. The summed E-state index contributed by atoms with van der Waals surface area (Å²) in [5, 5.41) is 2.99. The van der Waals surface area contributed by atoms with Crippen molar-refractivity contribution in [3.05, 3.63) is 30.1 Å². The van der Waals surface area contributed by atoms with Crippen LogP contribution in [-0.4, -0.2) is 29.1 Å². The lowest BCUT2D eigenvalue weighted by atomic mass is 10.1. The zero-order valence-electron chi connectivity index (χ0n) is 10.8. The Labute approximate surface area is 111 Å². The summed E-state index contributed by atoms with van der Waals surface area (Å²) < 4.78 is 5.23. The number of nitrogens with zero attached hydrogens (tertiary/aromatic N) is 1. The minimum atomic E-state index is -0.125. The Balaban J connectivity index is 1.72. The van der Waals surface area contributed by atoms with Gasteiger partial charge in [-0.15, -0.1) is 0 Å². The van der Waals surface area contributed by atoms with E-state index in [9.17, 15) is 4.79 Å². The number of ether oxygens (including phenoxy) is 1. The molecule has 2 heterocycles. The Morgan fingerprint density at radius 3 is 3.11 bits per heavy atom. The van der Waals surface area contributed by atoms with Crippen LogP contribution < -0.4 is 5.32 Å². The SMILES string of the molecule is CC(NC(=O)C1CCOC1)c1nc2ccccc2[nH]1. The van der Waals surface area contributed by atoms with Crippen molar-refractivity contribution in [2.24, 2.45) is 5.92 Å². The van der Waals surface area contributed by atoms with Gasteiger partial charge in [0.2, 0.25) is 5.91 Å². The Hall–Kier alpha value is -1.88. The van der Waals surface area contributed by atoms with Crippen LogP contribution in [0.1, 0.15) is 25.2 Å². The molecule has 1 aliphatic heterocycles. The van der Waals surface area contributed by atoms with Gasteiger partial charge in [-0.25, -0.2) is 4.98 Å².